The van der Waals surface area contributed by atoms with Crippen molar-refractivity contribution in [3.63, 3.8) is 0 Å². The SMILES string of the molecule is CN(C(=O)C1C2CC3OC(=O)C1C3C2)c1ccccc1Cl. The molecule has 0 spiro atoms. The molecule has 3 fully saturated rings. The Bertz CT molecular complexity index is 630. The fourth-order valence-electron chi connectivity index (χ4n) is 4.41. The van der Waals surface area contributed by atoms with E-state index in [0.29, 0.717) is 10.7 Å². The number of hydrogen-bond donors (Lipinski definition) is 0. The van der Waals surface area contributed by atoms with Crippen molar-refractivity contribution in [2.75, 3.05) is 11.9 Å². The van der Waals surface area contributed by atoms with Gasteiger partial charge < -0.3 is 9.64 Å². The number of ether oxygens (including phenoxy) is 1. The van der Waals surface area contributed by atoms with Gasteiger partial charge >= 0.3 is 5.97 Å². The lowest BCUT2D eigenvalue weighted by molar-refractivity contribution is -0.145. The number of halogens is 1. The van der Waals surface area contributed by atoms with Gasteiger partial charge in [0.05, 0.1) is 22.5 Å². The van der Waals surface area contributed by atoms with Gasteiger partial charge in [-0.15, -0.1) is 0 Å². The monoisotopic (exact) mass is 305 g/mol. The Kier molecular flexibility index (Phi) is 2.80. The number of amides is 1. The summed E-state index contributed by atoms with van der Waals surface area (Å²) in [7, 11) is 1.73. The summed E-state index contributed by atoms with van der Waals surface area (Å²) in [6, 6.07) is 7.27. The molecule has 0 N–H and O–H groups in total. The molecule has 2 saturated carbocycles. The lowest BCUT2D eigenvalue weighted by atomic mass is 9.79. The highest BCUT2D eigenvalue weighted by atomic mass is 35.5. The smallest absolute Gasteiger partial charge is 0.310 e. The fourth-order valence-corrected chi connectivity index (χ4v) is 4.67. The Morgan fingerprint density at radius 2 is 2.10 bits per heavy atom. The first-order valence-corrected chi connectivity index (χ1v) is 7.68. The van der Waals surface area contributed by atoms with Crippen molar-refractivity contribution in [1.82, 2.24) is 0 Å². The Balaban J connectivity index is 1.64. The molecule has 1 amide bonds. The summed E-state index contributed by atoms with van der Waals surface area (Å²) in [4.78, 5) is 26.5. The van der Waals surface area contributed by atoms with Gasteiger partial charge in [-0.2, -0.15) is 0 Å². The molecule has 5 heteroatoms. The molecule has 4 rings (SSSR count). The van der Waals surface area contributed by atoms with Gasteiger partial charge in [-0.1, -0.05) is 23.7 Å². The van der Waals surface area contributed by atoms with Gasteiger partial charge in [-0.05, 0) is 30.9 Å². The molecular formula is C16H16ClNO3. The molecule has 0 aromatic heterocycles. The number of carbonyl (C=O) groups is 2. The minimum atomic E-state index is -0.248. The van der Waals surface area contributed by atoms with E-state index >= 15 is 0 Å². The molecule has 0 radical (unpaired) electrons. The highest BCUT2D eigenvalue weighted by molar-refractivity contribution is 6.33. The first-order valence-electron chi connectivity index (χ1n) is 7.30. The van der Waals surface area contributed by atoms with Crippen LogP contribution in [0, 0.1) is 23.7 Å². The summed E-state index contributed by atoms with van der Waals surface area (Å²) < 4.78 is 5.39. The number of anilines is 1. The van der Waals surface area contributed by atoms with E-state index in [0.717, 1.165) is 12.8 Å². The lowest BCUT2D eigenvalue weighted by Crippen LogP contribution is -2.41. The number of hydrogen-bond acceptors (Lipinski definition) is 3. The van der Waals surface area contributed by atoms with Gasteiger partial charge in [0.15, 0.2) is 0 Å². The van der Waals surface area contributed by atoms with Crippen LogP contribution in [0.25, 0.3) is 0 Å². The van der Waals surface area contributed by atoms with Crippen LogP contribution < -0.4 is 4.90 Å². The molecule has 1 aliphatic heterocycles. The fraction of sp³-hybridized carbons (Fsp3) is 0.500. The topological polar surface area (TPSA) is 46.6 Å². The van der Waals surface area contributed by atoms with E-state index in [1.54, 1.807) is 18.0 Å². The maximum Gasteiger partial charge on any atom is 0.310 e. The summed E-state index contributed by atoms with van der Waals surface area (Å²) in [5, 5.41) is 0.545. The molecule has 5 unspecified atom stereocenters. The van der Waals surface area contributed by atoms with Gasteiger partial charge in [0, 0.05) is 13.0 Å². The first kappa shape index (κ1) is 13.1. The van der Waals surface area contributed by atoms with E-state index in [1.165, 1.54) is 0 Å². The third kappa shape index (κ3) is 1.75. The zero-order valence-corrected chi connectivity index (χ0v) is 12.4. The molecule has 1 aromatic rings. The van der Waals surface area contributed by atoms with Crippen LogP contribution in [0.15, 0.2) is 24.3 Å². The molecular weight excluding hydrogens is 290 g/mol. The molecule has 1 heterocycles. The second-order valence-corrected chi connectivity index (χ2v) is 6.68. The number of nitrogens with zero attached hydrogens (tertiary/aromatic N) is 1. The van der Waals surface area contributed by atoms with Gasteiger partial charge in [-0.25, -0.2) is 0 Å². The van der Waals surface area contributed by atoms with Crippen LogP contribution in [0.3, 0.4) is 0 Å². The maximum absolute atomic E-state index is 12.9. The lowest BCUT2D eigenvalue weighted by Gasteiger charge is -2.28. The Labute approximate surface area is 128 Å². The van der Waals surface area contributed by atoms with Gasteiger partial charge in [0.1, 0.15) is 6.10 Å². The Hall–Kier alpha value is -1.55. The summed E-state index contributed by atoms with van der Waals surface area (Å²) in [6.45, 7) is 0. The molecule has 110 valence electrons. The Morgan fingerprint density at radius 1 is 1.33 bits per heavy atom. The minimum absolute atomic E-state index is 0.0158. The van der Waals surface area contributed by atoms with E-state index < -0.39 is 0 Å². The average molecular weight is 306 g/mol. The molecule has 21 heavy (non-hydrogen) atoms. The predicted molar refractivity (Wildman–Crippen MR) is 77.9 cm³/mol. The van der Waals surface area contributed by atoms with Crippen molar-refractivity contribution in [1.29, 1.82) is 0 Å². The summed E-state index contributed by atoms with van der Waals surface area (Å²) in [5.41, 5.74) is 0.690. The summed E-state index contributed by atoms with van der Waals surface area (Å²) in [5.74, 6) is -0.174. The van der Waals surface area contributed by atoms with Crippen LogP contribution in [0.4, 0.5) is 5.69 Å². The van der Waals surface area contributed by atoms with Crippen molar-refractivity contribution in [3.05, 3.63) is 29.3 Å². The van der Waals surface area contributed by atoms with Crippen molar-refractivity contribution in [3.8, 4) is 0 Å². The average Bonchev–Trinajstić information content (AvgIpc) is 3.07. The van der Waals surface area contributed by atoms with Gasteiger partial charge in [0.25, 0.3) is 0 Å². The van der Waals surface area contributed by atoms with E-state index in [1.807, 2.05) is 18.2 Å². The molecule has 4 nitrogen and oxygen atoms in total. The van der Waals surface area contributed by atoms with Crippen molar-refractivity contribution in [2.24, 2.45) is 23.7 Å². The van der Waals surface area contributed by atoms with Crippen molar-refractivity contribution < 1.29 is 14.3 Å². The second kappa shape index (κ2) is 4.47. The first-order chi connectivity index (χ1) is 10.1. The Morgan fingerprint density at radius 3 is 2.86 bits per heavy atom. The summed E-state index contributed by atoms with van der Waals surface area (Å²) >= 11 is 6.17. The number of carbonyl (C=O) groups excluding carboxylic acids is 2. The van der Waals surface area contributed by atoms with E-state index in [4.69, 9.17) is 16.3 Å². The number of esters is 1. The van der Waals surface area contributed by atoms with Crippen LogP contribution in [-0.4, -0.2) is 25.0 Å². The standard InChI is InChI=1S/C16H16ClNO3/c1-18(11-5-3-2-4-10(11)17)15(19)13-8-6-9-12(7-8)21-16(20)14(9)13/h2-5,8-9,12-14H,6-7H2,1H3. The molecule has 5 atom stereocenters. The highest BCUT2D eigenvalue weighted by Crippen LogP contribution is 2.58. The molecule has 1 aromatic carbocycles. The van der Waals surface area contributed by atoms with Crippen molar-refractivity contribution >= 4 is 29.2 Å². The van der Waals surface area contributed by atoms with Gasteiger partial charge in [0.2, 0.25) is 5.91 Å². The zero-order chi connectivity index (χ0) is 14.7. The number of para-hydroxylation sites is 1. The van der Waals surface area contributed by atoms with Crippen LogP contribution in [0.1, 0.15) is 12.8 Å². The van der Waals surface area contributed by atoms with Crippen LogP contribution in [-0.2, 0) is 14.3 Å². The third-order valence-electron chi connectivity index (χ3n) is 5.31. The maximum atomic E-state index is 12.9. The van der Waals surface area contributed by atoms with Crippen LogP contribution in [0.2, 0.25) is 5.02 Å². The quantitative estimate of drug-likeness (QED) is 0.789. The predicted octanol–water partition coefficient (Wildman–Crippen LogP) is 2.50. The van der Waals surface area contributed by atoms with Crippen LogP contribution >= 0.6 is 11.6 Å². The molecule has 3 aliphatic rings. The molecule has 2 bridgehead atoms. The number of benzene rings is 1. The summed E-state index contributed by atoms with van der Waals surface area (Å²) in [6.07, 6.45) is 1.83. The number of fused-ring (bicyclic) bond motifs is 1. The second-order valence-electron chi connectivity index (χ2n) is 6.27. The van der Waals surface area contributed by atoms with Crippen molar-refractivity contribution in [2.45, 2.75) is 18.9 Å². The molecule has 2 aliphatic carbocycles. The zero-order valence-electron chi connectivity index (χ0n) is 11.7. The minimum Gasteiger partial charge on any atom is -0.462 e. The van der Waals surface area contributed by atoms with Gasteiger partial charge in [-0.3, -0.25) is 9.59 Å². The van der Waals surface area contributed by atoms with E-state index in [9.17, 15) is 9.59 Å². The normalized spacial score (nSPS) is 35.9. The van der Waals surface area contributed by atoms with E-state index in [-0.39, 0.29) is 41.7 Å². The third-order valence-corrected chi connectivity index (χ3v) is 5.63. The largest absolute Gasteiger partial charge is 0.462 e. The van der Waals surface area contributed by atoms with Crippen LogP contribution in [0.5, 0.6) is 0 Å². The van der Waals surface area contributed by atoms with E-state index in [2.05, 4.69) is 0 Å². The number of rotatable bonds is 2. The highest BCUT2D eigenvalue weighted by Gasteiger charge is 2.64. The molecule has 1 saturated heterocycles.